The first-order valence-electron chi connectivity index (χ1n) is 7.79. The molecule has 2 atom stereocenters. The maximum absolute atomic E-state index is 11.4. The topological polar surface area (TPSA) is 53.4 Å². The number of halogens is 1. The van der Waals surface area contributed by atoms with Crippen molar-refractivity contribution >= 4 is 17.6 Å². The van der Waals surface area contributed by atoms with Gasteiger partial charge in [-0.1, -0.05) is 35.9 Å². The van der Waals surface area contributed by atoms with Crippen LogP contribution < -0.4 is 0 Å². The summed E-state index contributed by atoms with van der Waals surface area (Å²) in [5.74, 6) is -1.06. The van der Waals surface area contributed by atoms with Crippen molar-refractivity contribution in [1.29, 1.82) is 0 Å². The molecule has 5 heteroatoms. The van der Waals surface area contributed by atoms with Gasteiger partial charge in [0.15, 0.2) is 0 Å². The number of nitrogens with zero attached hydrogens (tertiary/aromatic N) is 2. The lowest BCUT2D eigenvalue weighted by Gasteiger charge is -2.37. The quantitative estimate of drug-likeness (QED) is 0.930. The van der Waals surface area contributed by atoms with E-state index in [9.17, 15) is 9.90 Å². The summed E-state index contributed by atoms with van der Waals surface area (Å²) in [6.45, 7) is 1.36. The van der Waals surface area contributed by atoms with Crippen molar-refractivity contribution in [2.75, 3.05) is 13.1 Å². The minimum Gasteiger partial charge on any atom is -0.481 e. The minimum atomic E-state index is -0.728. The molecule has 2 heterocycles. The second-order valence-electron chi connectivity index (χ2n) is 5.85. The summed E-state index contributed by atoms with van der Waals surface area (Å²) in [6.07, 6.45) is 3.35. The van der Waals surface area contributed by atoms with Crippen molar-refractivity contribution in [1.82, 2.24) is 9.88 Å². The van der Waals surface area contributed by atoms with Gasteiger partial charge in [-0.05, 0) is 43.1 Å². The normalized spacial score (nSPS) is 20.1. The zero-order valence-corrected chi connectivity index (χ0v) is 13.5. The number of carboxylic acid groups (broad SMARTS) is 1. The van der Waals surface area contributed by atoms with Gasteiger partial charge in [-0.3, -0.25) is 14.7 Å². The molecule has 0 aliphatic carbocycles. The molecule has 23 heavy (non-hydrogen) atoms. The number of benzene rings is 1. The summed E-state index contributed by atoms with van der Waals surface area (Å²) >= 11 is 6.42. The average Bonchev–Trinajstić information content (AvgIpc) is 2.58. The van der Waals surface area contributed by atoms with Gasteiger partial charge in [-0.15, -0.1) is 0 Å². The van der Waals surface area contributed by atoms with E-state index >= 15 is 0 Å². The first-order valence-corrected chi connectivity index (χ1v) is 8.17. The predicted molar refractivity (Wildman–Crippen MR) is 89.5 cm³/mol. The van der Waals surface area contributed by atoms with Gasteiger partial charge in [0.2, 0.25) is 0 Å². The highest BCUT2D eigenvalue weighted by atomic mass is 35.5. The highest BCUT2D eigenvalue weighted by Gasteiger charge is 2.32. The Morgan fingerprint density at radius 3 is 2.74 bits per heavy atom. The Labute approximate surface area is 140 Å². The summed E-state index contributed by atoms with van der Waals surface area (Å²) in [5, 5.41) is 10.0. The molecule has 0 bridgehead atoms. The molecule has 0 spiro atoms. The molecule has 1 aliphatic heterocycles. The van der Waals surface area contributed by atoms with Gasteiger partial charge in [0.05, 0.1) is 17.7 Å². The number of carboxylic acids is 1. The molecule has 0 amide bonds. The van der Waals surface area contributed by atoms with Gasteiger partial charge < -0.3 is 5.11 Å². The van der Waals surface area contributed by atoms with Crippen molar-refractivity contribution in [2.24, 2.45) is 5.92 Å². The van der Waals surface area contributed by atoms with E-state index in [0.29, 0.717) is 11.6 Å². The van der Waals surface area contributed by atoms with Gasteiger partial charge in [-0.25, -0.2) is 0 Å². The summed E-state index contributed by atoms with van der Waals surface area (Å²) in [5.41, 5.74) is 1.87. The molecule has 3 rings (SSSR count). The number of aromatic nitrogens is 1. The molecular formula is C18H19ClN2O2. The molecule has 1 aliphatic rings. The fourth-order valence-electron chi connectivity index (χ4n) is 3.22. The van der Waals surface area contributed by atoms with E-state index in [-0.39, 0.29) is 12.0 Å². The van der Waals surface area contributed by atoms with Crippen LogP contribution in [0.3, 0.4) is 0 Å². The lowest BCUT2D eigenvalue weighted by Crippen LogP contribution is -2.41. The molecule has 4 nitrogen and oxygen atoms in total. The largest absolute Gasteiger partial charge is 0.481 e. The van der Waals surface area contributed by atoms with Crippen LogP contribution in [0.2, 0.25) is 5.02 Å². The van der Waals surface area contributed by atoms with Crippen LogP contribution in [-0.4, -0.2) is 34.0 Å². The van der Waals surface area contributed by atoms with Gasteiger partial charge in [0, 0.05) is 17.8 Å². The SMILES string of the molecule is O=C(O)C1CCCN(C(c2ccccn2)c2ccccc2Cl)C1. The number of pyridine rings is 1. The van der Waals surface area contributed by atoms with Crippen molar-refractivity contribution < 1.29 is 9.90 Å². The van der Waals surface area contributed by atoms with Crippen LogP contribution in [0.5, 0.6) is 0 Å². The average molecular weight is 331 g/mol. The number of rotatable bonds is 4. The van der Waals surface area contributed by atoms with Crippen LogP contribution in [0.15, 0.2) is 48.7 Å². The van der Waals surface area contributed by atoms with E-state index in [2.05, 4.69) is 9.88 Å². The second-order valence-corrected chi connectivity index (χ2v) is 6.26. The third-order valence-corrected chi connectivity index (χ3v) is 4.68. The fraction of sp³-hybridized carbons (Fsp3) is 0.333. The Balaban J connectivity index is 1.99. The summed E-state index contributed by atoms with van der Waals surface area (Å²) < 4.78 is 0. The zero-order chi connectivity index (χ0) is 16.2. The molecular weight excluding hydrogens is 312 g/mol. The molecule has 0 radical (unpaired) electrons. The van der Waals surface area contributed by atoms with Gasteiger partial charge in [0.25, 0.3) is 0 Å². The smallest absolute Gasteiger partial charge is 0.307 e. The number of hydrogen-bond donors (Lipinski definition) is 1. The lowest BCUT2D eigenvalue weighted by molar-refractivity contribution is -0.143. The molecule has 120 valence electrons. The second kappa shape index (κ2) is 7.11. The van der Waals surface area contributed by atoms with E-state index in [1.165, 1.54) is 0 Å². The molecule has 1 fully saturated rings. The maximum Gasteiger partial charge on any atom is 0.307 e. The highest BCUT2D eigenvalue weighted by Crippen LogP contribution is 2.35. The first kappa shape index (κ1) is 16.0. The summed E-state index contributed by atoms with van der Waals surface area (Å²) in [7, 11) is 0. The van der Waals surface area contributed by atoms with E-state index < -0.39 is 5.97 Å². The summed E-state index contributed by atoms with van der Waals surface area (Å²) in [6, 6.07) is 13.4. The molecule has 0 saturated carbocycles. The Morgan fingerprint density at radius 1 is 1.26 bits per heavy atom. The molecule has 2 aromatic rings. The van der Waals surface area contributed by atoms with Crippen LogP contribution in [-0.2, 0) is 4.79 Å². The molecule has 1 saturated heterocycles. The minimum absolute atomic E-state index is 0.118. The zero-order valence-electron chi connectivity index (χ0n) is 12.7. The third-order valence-electron chi connectivity index (χ3n) is 4.33. The Morgan fingerprint density at radius 2 is 2.04 bits per heavy atom. The fourth-order valence-corrected chi connectivity index (χ4v) is 3.46. The number of aliphatic carboxylic acids is 1. The van der Waals surface area contributed by atoms with Crippen LogP contribution in [0.4, 0.5) is 0 Å². The molecule has 1 aromatic heterocycles. The van der Waals surface area contributed by atoms with E-state index in [1.54, 1.807) is 6.20 Å². The number of carbonyl (C=O) groups is 1. The standard InChI is InChI=1S/C18H19ClN2O2/c19-15-8-2-1-7-14(15)17(16-9-3-4-10-20-16)21-11-5-6-13(12-21)18(22)23/h1-4,7-10,13,17H,5-6,11-12H2,(H,22,23). The number of hydrogen-bond acceptors (Lipinski definition) is 3. The van der Waals surface area contributed by atoms with Crippen molar-refractivity contribution in [3.05, 3.63) is 64.9 Å². The van der Waals surface area contributed by atoms with Crippen molar-refractivity contribution in [2.45, 2.75) is 18.9 Å². The number of piperidine rings is 1. The van der Waals surface area contributed by atoms with E-state index in [1.807, 2.05) is 42.5 Å². The Hall–Kier alpha value is -1.91. The van der Waals surface area contributed by atoms with Gasteiger partial charge in [0.1, 0.15) is 0 Å². The monoisotopic (exact) mass is 330 g/mol. The molecule has 1 N–H and O–H groups in total. The van der Waals surface area contributed by atoms with E-state index in [4.69, 9.17) is 11.6 Å². The van der Waals surface area contributed by atoms with Crippen LogP contribution in [0, 0.1) is 5.92 Å². The molecule has 2 unspecified atom stereocenters. The van der Waals surface area contributed by atoms with Crippen LogP contribution in [0.25, 0.3) is 0 Å². The van der Waals surface area contributed by atoms with Crippen molar-refractivity contribution in [3.63, 3.8) is 0 Å². The van der Waals surface area contributed by atoms with Crippen molar-refractivity contribution in [3.8, 4) is 0 Å². The van der Waals surface area contributed by atoms with Crippen LogP contribution in [0.1, 0.15) is 30.1 Å². The Kier molecular flexibility index (Phi) is 4.94. The van der Waals surface area contributed by atoms with Crippen LogP contribution >= 0.6 is 11.6 Å². The Bertz CT molecular complexity index is 678. The maximum atomic E-state index is 11.4. The number of likely N-dealkylation sites (tertiary alicyclic amines) is 1. The van der Waals surface area contributed by atoms with E-state index in [0.717, 1.165) is 30.6 Å². The van der Waals surface area contributed by atoms with Gasteiger partial charge in [-0.2, -0.15) is 0 Å². The third kappa shape index (κ3) is 3.54. The predicted octanol–water partition coefficient (Wildman–Crippen LogP) is 3.62. The first-order chi connectivity index (χ1) is 11.2. The summed E-state index contributed by atoms with van der Waals surface area (Å²) in [4.78, 5) is 18.1. The highest BCUT2D eigenvalue weighted by molar-refractivity contribution is 6.31. The van der Waals surface area contributed by atoms with Gasteiger partial charge >= 0.3 is 5.97 Å². The molecule has 1 aromatic carbocycles. The lowest BCUT2D eigenvalue weighted by atomic mass is 9.93.